The zero-order valence-electron chi connectivity index (χ0n) is 54.4. The van der Waals surface area contributed by atoms with Crippen LogP contribution in [0, 0.1) is 27.7 Å². The number of ether oxygens (including phenoxy) is 2. The van der Waals surface area contributed by atoms with E-state index in [2.05, 4.69) is 365 Å². The molecule has 0 saturated heterocycles. The lowest BCUT2D eigenvalue weighted by Crippen LogP contribution is -2.09. The molecule has 12 aromatic rings. The highest BCUT2D eigenvalue weighted by Crippen LogP contribution is 2.38. The second-order valence-electron chi connectivity index (χ2n) is 23.4. The lowest BCUT2D eigenvalue weighted by atomic mass is 10.1. The zero-order chi connectivity index (χ0) is 64.9. The van der Waals surface area contributed by atoms with Gasteiger partial charge in [-0.1, -0.05) is 289 Å². The Hall–Kier alpha value is -11.7. The molecular formula is C90H78N2O2. The van der Waals surface area contributed by atoms with Gasteiger partial charge < -0.3 is 19.3 Å². The number of methoxy groups -OCH3 is 2. The third kappa shape index (κ3) is 18.2. The van der Waals surface area contributed by atoms with E-state index in [-0.39, 0.29) is 0 Å². The van der Waals surface area contributed by atoms with Gasteiger partial charge in [-0.05, 0) is 192 Å². The van der Waals surface area contributed by atoms with E-state index in [0.717, 1.165) is 73.4 Å². The van der Waals surface area contributed by atoms with Crippen molar-refractivity contribution in [2.24, 2.45) is 0 Å². The van der Waals surface area contributed by atoms with Crippen LogP contribution in [0.2, 0.25) is 0 Å². The van der Waals surface area contributed by atoms with Crippen LogP contribution >= 0.6 is 0 Å². The average Bonchev–Trinajstić information content (AvgIpc) is 1.33. The first kappa shape index (κ1) is 63.8. The highest BCUT2D eigenvalue weighted by atomic mass is 16.5. The monoisotopic (exact) mass is 1220 g/mol. The molecule has 0 N–H and O–H groups in total. The SMILES string of the molecule is COc1cccc(C=Cc2ccc(N(c3ccc(C=Cc4cccc(C)c4)cc3)c3ccc(C=Cc4cccc(OC)c4)cc3)cc2)c1.Cc1cccc(C=Cc2ccc(N(c3ccc(C=Cc4cccc(C)c4)cc3)c3ccc(C=Cc4cccc(C)c4)cc3)cc2)c1. The molecule has 0 aliphatic carbocycles. The van der Waals surface area contributed by atoms with Gasteiger partial charge in [0.1, 0.15) is 11.5 Å². The van der Waals surface area contributed by atoms with Crippen molar-refractivity contribution in [3.63, 3.8) is 0 Å². The molecule has 0 saturated carbocycles. The van der Waals surface area contributed by atoms with Crippen LogP contribution in [0.3, 0.4) is 0 Å². The van der Waals surface area contributed by atoms with Crippen molar-refractivity contribution in [2.75, 3.05) is 24.0 Å². The Bertz CT molecular complexity index is 4290. The molecular weight excluding hydrogens is 1140 g/mol. The van der Waals surface area contributed by atoms with E-state index in [1.54, 1.807) is 14.2 Å². The fourth-order valence-corrected chi connectivity index (χ4v) is 11.0. The van der Waals surface area contributed by atoms with Crippen LogP contribution in [0.5, 0.6) is 11.5 Å². The van der Waals surface area contributed by atoms with E-state index in [0.29, 0.717) is 0 Å². The Morgan fingerprint density at radius 3 is 0.543 bits per heavy atom. The van der Waals surface area contributed by atoms with Crippen LogP contribution < -0.4 is 19.3 Å². The molecule has 12 rings (SSSR count). The summed E-state index contributed by atoms with van der Waals surface area (Å²) in [6.07, 6.45) is 25.8. The van der Waals surface area contributed by atoms with E-state index in [1.807, 2.05) is 36.4 Å². The first-order valence-electron chi connectivity index (χ1n) is 31.9. The molecule has 4 heteroatoms. The summed E-state index contributed by atoms with van der Waals surface area (Å²) < 4.78 is 10.8. The van der Waals surface area contributed by atoms with Crippen LogP contribution in [0.1, 0.15) is 89.0 Å². The van der Waals surface area contributed by atoms with Crippen molar-refractivity contribution >= 4 is 107 Å². The number of nitrogens with zero attached hydrogens (tertiary/aromatic N) is 2. The standard InChI is InChI=1S/C45H39NO2.C45H39N/c1-34-7-4-8-38(31-34)16-13-35-19-25-41(26-20-35)46(42-27-21-36(22-28-42)14-17-39-9-5-11-44(32-39)47-2)43-29-23-37(24-30-43)15-18-40-10-6-12-45(33-40)48-3;1-34-7-4-10-40(31-34)16-13-37-19-25-43(26-20-37)46(44-27-21-38(22-28-44)14-17-41-11-5-8-35(2)32-41)45-29-23-39(24-30-45)15-18-42-12-6-9-36(3)33-42/h4-33H,1-3H3;4-33H,1-3H3. The number of rotatable bonds is 20. The minimum atomic E-state index is 0.849. The van der Waals surface area contributed by atoms with E-state index in [1.165, 1.54) is 61.2 Å². The van der Waals surface area contributed by atoms with Crippen molar-refractivity contribution in [1.29, 1.82) is 0 Å². The molecule has 0 unspecified atom stereocenters. The summed E-state index contributed by atoms with van der Waals surface area (Å²) in [4.78, 5) is 4.61. The fourth-order valence-electron chi connectivity index (χ4n) is 11.0. The van der Waals surface area contributed by atoms with Crippen molar-refractivity contribution in [1.82, 2.24) is 0 Å². The normalized spacial score (nSPS) is 11.5. The highest BCUT2D eigenvalue weighted by molar-refractivity contribution is 5.83. The maximum Gasteiger partial charge on any atom is 0.119 e. The minimum absolute atomic E-state index is 0.849. The van der Waals surface area contributed by atoms with Crippen LogP contribution in [0.15, 0.2) is 291 Å². The quantitative estimate of drug-likeness (QED) is 0.0710. The largest absolute Gasteiger partial charge is 0.497 e. The van der Waals surface area contributed by atoms with Gasteiger partial charge in [0.05, 0.1) is 14.2 Å². The fraction of sp³-hybridized carbons (Fsp3) is 0.0667. The van der Waals surface area contributed by atoms with Crippen molar-refractivity contribution in [2.45, 2.75) is 27.7 Å². The summed E-state index contributed by atoms with van der Waals surface area (Å²) in [6.45, 7) is 8.50. The molecule has 0 spiro atoms. The van der Waals surface area contributed by atoms with Crippen LogP contribution in [0.25, 0.3) is 72.9 Å². The van der Waals surface area contributed by atoms with Gasteiger partial charge in [0.2, 0.25) is 0 Å². The topological polar surface area (TPSA) is 24.9 Å². The predicted octanol–water partition coefficient (Wildman–Crippen LogP) is 24.6. The van der Waals surface area contributed by atoms with Gasteiger partial charge in [0, 0.05) is 34.1 Å². The molecule has 0 aliphatic heterocycles. The van der Waals surface area contributed by atoms with Crippen molar-refractivity contribution in [3.05, 3.63) is 380 Å². The van der Waals surface area contributed by atoms with Gasteiger partial charge in [-0.2, -0.15) is 0 Å². The van der Waals surface area contributed by atoms with E-state index >= 15 is 0 Å². The minimum Gasteiger partial charge on any atom is -0.497 e. The molecule has 0 aromatic heterocycles. The summed E-state index contributed by atoms with van der Waals surface area (Å²) in [5, 5.41) is 0. The van der Waals surface area contributed by atoms with E-state index in [4.69, 9.17) is 9.47 Å². The second-order valence-corrected chi connectivity index (χ2v) is 23.4. The lowest BCUT2D eigenvalue weighted by molar-refractivity contribution is 0.414. The first-order chi connectivity index (χ1) is 46.0. The third-order valence-corrected chi connectivity index (χ3v) is 16.1. The lowest BCUT2D eigenvalue weighted by Gasteiger charge is -2.26. The van der Waals surface area contributed by atoms with Gasteiger partial charge in [-0.25, -0.2) is 0 Å². The van der Waals surface area contributed by atoms with Crippen molar-refractivity contribution in [3.8, 4) is 11.5 Å². The average molecular weight is 1220 g/mol. The Morgan fingerprint density at radius 1 is 0.191 bits per heavy atom. The van der Waals surface area contributed by atoms with Gasteiger partial charge in [-0.15, -0.1) is 0 Å². The summed E-state index contributed by atoms with van der Waals surface area (Å²) in [5.41, 5.74) is 25.5. The number of benzene rings is 12. The molecule has 460 valence electrons. The molecule has 0 atom stereocenters. The van der Waals surface area contributed by atoms with Gasteiger partial charge in [0.25, 0.3) is 0 Å². The Labute approximate surface area is 556 Å². The number of aryl methyl sites for hydroxylation is 4. The predicted molar refractivity (Wildman–Crippen MR) is 407 cm³/mol. The molecule has 0 aliphatic rings. The summed E-state index contributed by atoms with van der Waals surface area (Å²) >= 11 is 0. The van der Waals surface area contributed by atoms with Gasteiger partial charge >= 0.3 is 0 Å². The maximum atomic E-state index is 5.38. The smallest absolute Gasteiger partial charge is 0.119 e. The number of hydrogen-bond acceptors (Lipinski definition) is 4. The number of hydrogen-bond donors (Lipinski definition) is 0. The van der Waals surface area contributed by atoms with Crippen LogP contribution in [-0.2, 0) is 0 Å². The molecule has 0 amide bonds. The molecule has 0 radical (unpaired) electrons. The van der Waals surface area contributed by atoms with Crippen molar-refractivity contribution < 1.29 is 9.47 Å². The molecule has 12 aromatic carbocycles. The second kappa shape index (κ2) is 31.8. The van der Waals surface area contributed by atoms with Crippen LogP contribution in [-0.4, -0.2) is 14.2 Å². The van der Waals surface area contributed by atoms with Gasteiger partial charge in [0.15, 0.2) is 0 Å². The molecule has 4 nitrogen and oxygen atoms in total. The zero-order valence-corrected chi connectivity index (χ0v) is 54.4. The van der Waals surface area contributed by atoms with Gasteiger partial charge in [-0.3, -0.25) is 0 Å². The summed E-state index contributed by atoms with van der Waals surface area (Å²) in [7, 11) is 3.38. The van der Waals surface area contributed by atoms with Crippen LogP contribution in [0.4, 0.5) is 34.1 Å². The molecule has 0 fully saturated rings. The first-order valence-corrected chi connectivity index (χ1v) is 31.9. The van der Waals surface area contributed by atoms with E-state index < -0.39 is 0 Å². The maximum absolute atomic E-state index is 5.38. The highest BCUT2D eigenvalue weighted by Gasteiger charge is 2.15. The molecule has 94 heavy (non-hydrogen) atoms. The molecule has 0 heterocycles. The Morgan fingerprint density at radius 2 is 0.362 bits per heavy atom. The Balaban J connectivity index is 0.000000192. The Kier molecular flexibility index (Phi) is 21.6. The number of anilines is 6. The molecule has 0 bridgehead atoms. The third-order valence-electron chi connectivity index (χ3n) is 16.1. The summed E-state index contributed by atoms with van der Waals surface area (Å²) in [6, 6.07) is 103. The summed E-state index contributed by atoms with van der Waals surface area (Å²) in [5.74, 6) is 1.70. The van der Waals surface area contributed by atoms with E-state index in [9.17, 15) is 0 Å².